The second-order valence-electron chi connectivity index (χ2n) is 4.39. The molecule has 0 fully saturated rings. The van der Waals surface area contributed by atoms with Crippen molar-refractivity contribution in [2.75, 3.05) is 11.1 Å². The Bertz CT molecular complexity index is 699. The average molecular weight is 330 g/mol. The number of carbonyl (C=O) groups excluding carboxylic acids is 1. The Morgan fingerprint density at radius 3 is 2.65 bits per heavy atom. The van der Waals surface area contributed by atoms with E-state index in [-0.39, 0.29) is 5.91 Å². The van der Waals surface area contributed by atoms with Gasteiger partial charge in [-0.25, -0.2) is 0 Å². The van der Waals surface area contributed by atoms with E-state index in [0.29, 0.717) is 27.0 Å². The predicted molar refractivity (Wildman–Crippen MR) is 82.4 cm³/mol. The molecule has 0 bridgehead atoms. The molecule has 0 saturated carbocycles. The van der Waals surface area contributed by atoms with Crippen LogP contribution in [0.3, 0.4) is 0 Å². The lowest BCUT2D eigenvalue weighted by atomic mass is 10.1. The van der Waals surface area contributed by atoms with Gasteiger partial charge in [-0.1, -0.05) is 0 Å². The van der Waals surface area contributed by atoms with Gasteiger partial charge in [-0.15, -0.1) is 0 Å². The number of benzene rings is 2. The van der Waals surface area contributed by atoms with Crippen molar-refractivity contribution in [3.05, 3.63) is 57.6 Å². The summed E-state index contributed by atoms with van der Waals surface area (Å²) in [6.45, 7) is 1.88. The summed E-state index contributed by atoms with van der Waals surface area (Å²) >= 11 is 3.33. The van der Waals surface area contributed by atoms with Crippen molar-refractivity contribution in [2.45, 2.75) is 6.92 Å². The molecule has 5 heteroatoms. The van der Waals surface area contributed by atoms with Crippen LogP contribution in [-0.2, 0) is 0 Å². The molecule has 0 spiro atoms. The highest BCUT2D eigenvalue weighted by Gasteiger charge is 2.10. The van der Waals surface area contributed by atoms with Gasteiger partial charge in [-0.05, 0) is 64.8 Å². The molecule has 0 atom stereocenters. The number of hydrogen-bond donors (Lipinski definition) is 2. The molecule has 3 N–H and O–H groups in total. The first-order valence-corrected chi connectivity index (χ1v) is 6.67. The number of aryl methyl sites for hydroxylation is 1. The molecule has 0 heterocycles. The van der Waals surface area contributed by atoms with Crippen LogP contribution in [0.5, 0.6) is 0 Å². The number of amides is 1. The number of rotatable bonds is 2. The minimum absolute atomic E-state index is 0.245. The zero-order chi connectivity index (χ0) is 14.7. The predicted octanol–water partition coefficient (Wildman–Crippen LogP) is 3.46. The molecule has 1 amide bonds. The topological polar surface area (TPSA) is 78.9 Å². The Hall–Kier alpha value is -2.32. The molecule has 2 rings (SSSR count). The van der Waals surface area contributed by atoms with E-state index in [1.165, 1.54) is 0 Å². The molecule has 0 saturated heterocycles. The van der Waals surface area contributed by atoms with Gasteiger partial charge in [0.05, 0.1) is 17.3 Å². The van der Waals surface area contributed by atoms with Crippen LogP contribution in [0.1, 0.15) is 21.5 Å². The first-order valence-electron chi connectivity index (χ1n) is 5.88. The van der Waals surface area contributed by atoms with Crippen molar-refractivity contribution in [3.63, 3.8) is 0 Å². The van der Waals surface area contributed by atoms with E-state index in [4.69, 9.17) is 11.0 Å². The summed E-state index contributed by atoms with van der Waals surface area (Å²) in [6, 6.07) is 12.2. The molecule has 0 aliphatic heterocycles. The minimum atomic E-state index is -0.245. The summed E-state index contributed by atoms with van der Waals surface area (Å²) in [5, 5.41) is 11.6. The maximum absolute atomic E-state index is 12.2. The first-order chi connectivity index (χ1) is 9.49. The molecule has 4 nitrogen and oxygen atoms in total. The lowest BCUT2D eigenvalue weighted by Crippen LogP contribution is -2.13. The summed E-state index contributed by atoms with van der Waals surface area (Å²) in [6.07, 6.45) is 0. The third-order valence-corrected chi connectivity index (χ3v) is 3.36. The van der Waals surface area contributed by atoms with E-state index in [2.05, 4.69) is 21.2 Å². The number of nitrogen functional groups attached to an aromatic ring is 1. The highest BCUT2D eigenvalue weighted by molar-refractivity contribution is 9.10. The summed E-state index contributed by atoms with van der Waals surface area (Å²) in [5.41, 5.74) is 8.84. The Kier molecular flexibility index (Phi) is 4.06. The molecule has 0 radical (unpaired) electrons. The standard InChI is InChI=1S/C15H12BrN3O/c1-9-4-11(7-12(18)5-9)15(20)19-14-3-2-10(8-17)6-13(14)16/h2-7H,18H2,1H3,(H,19,20). The zero-order valence-corrected chi connectivity index (χ0v) is 12.4. The van der Waals surface area contributed by atoms with Gasteiger partial charge < -0.3 is 11.1 Å². The molecule has 0 aliphatic rings. The molecule has 2 aromatic rings. The Labute approximate surface area is 125 Å². The Morgan fingerprint density at radius 2 is 2.05 bits per heavy atom. The monoisotopic (exact) mass is 329 g/mol. The van der Waals surface area contributed by atoms with Crippen molar-refractivity contribution < 1.29 is 4.79 Å². The smallest absolute Gasteiger partial charge is 0.255 e. The van der Waals surface area contributed by atoms with Crippen LogP contribution in [0.2, 0.25) is 0 Å². The number of nitrogens with one attached hydrogen (secondary N) is 1. The number of nitriles is 1. The third-order valence-electron chi connectivity index (χ3n) is 2.71. The van der Waals surface area contributed by atoms with E-state index >= 15 is 0 Å². The van der Waals surface area contributed by atoms with E-state index in [1.54, 1.807) is 36.4 Å². The number of nitrogens with two attached hydrogens (primary N) is 1. The summed E-state index contributed by atoms with van der Waals surface area (Å²) in [5.74, 6) is -0.245. The van der Waals surface area contributed by atoms with Crippen molar-refractivity contribution in [1.82, 2.24) is 0 Å². The zero-order valence-electron chi connectivity index (χ0n) is 10.8. The fourth-order valence-corrected chi connectivity index (χ4v) is 2.30. The van der Waals surface area contributed by atoms with Crippen LogP contribution in [-0.4, -0.2) is 5.91 Å². The normalized spacial score (nSPS) is 9.85. The van der Waals surface area contributed by atoms with Crippen LogP contribution >= 0.6 is 15.9 Å². The van der Waals surface area contributed by atoms with Crippen molar-refractivity contribution >= 4 is 33.2 Å². The first kappa shape index (κ1) is 14.1. The van der Waals surface area contributed by atoms with Gasteiger partial charge in [0.15, 0.2) is 0 Å². The quantitative estimate of drug-likeness (QED) is 0.828. The molecular formula is C15H12BrN3O. The number of carbonyl (C=O) groups is 1. The van der Waals surface area contributed by atoms with Gasteiger partial charge in [0, 0.05) is 15.7 Å². The SMILES string of the molecule is Cc1cc(N)cc(C(=O)Nc2ccc(C#N)cc2Br)c1. The Morgan fingerprint density at radius 1 is 1.30 bits per heavy atom. The lowest BCUT2D eigenvalue weighted by molar-refractivity contribution is 0.102. The number of halogens is 1. The average Bonchev–Trinajstić information content (AvgIpc) is 2.39. The largest absolute Gasteiger partial charge is 0.399 e. The van der Waals surface area contributed by atoms with Crippen LogP contribution in [0.25, 0.3) is 0 Å². The van der Waals surface area contributed by atoms with E-state index in [9.17, 15) is 4.79 Å². The molecule has 0 aromatic heterocycles. The molecule has 2 aromatic carbocycles. The summed E-state index contributed by atoms with van der Waals surface area (Å²) in [4.78, 5) is 12.2. The van der Waals surface area contributed by atoms with Gasteiger partial charge in [-0.3, -0.25) is 4.79 Å². The van der Waals surface area contributed by atoms with Gasteiger partial charge >= 0.3 is 0 Å². The van der Waals surface area contributed by atoms with Crippen molar-refractivity contribution in [3.8, 4) is 6.07 Å². The summed E-state index contributed by atoms with van der Waals surface area (Å²) < 4.78 is 0.658. The van der Waals surface area contributed by atoms with E-state index in [1.807, 2.05) is 13.0 Å². The van der Waals surface area contributed by atoms with Gasteiger partial charge in [0.2, 0.25) is 0 Å². The number of hydrogen-bond acceptors (Lipinski definition) is 3. The van der Waals surface area contributed by atoms with Crippen molar-refractivity contribution in [1.29, 1.82) is 5.26 Å². The van der Waals surface area contributed by atoms with Crippen LogP contribution in [0.15, 0.2) is 40.9 Å². The summed E-state index contributed by atoms with van der Waals surface area (Å²) in [7, 11) is 0. The highest BCUT2D eigenvalue weighted by atomic mass is 79.9. The lowest BCUT2D eigenvalue weighted by Gasteiger charge is -2.09. The number of nitrogens with zero attached hydrogens (tertiary/aromatic N) is 1. The highest BCUT2D eigenvalue weighted by Crippen LogP contribution is 2.24. The second-order valence-corrected chi connectivity index (χ2v) is 5.25. The molecular weight excluding hydrogens is 318 g/mol. The van der Waals surface area contributed by atoms with Gasteiger partial charge in [0.1, 0.15) is 0 Å². The fraction of sp³-hybridized carbons (Fsp3) is 0.0667. The maximum Gasteiger partial charge on any atom is 0.255 e. The van der Waals surface area contributed by atoms with Crippen LogP contribution in [0.4, 0.5) is 11.4 Å². The van der Waals surface area contributed by atoms with Crippen molar-refractivity contribution in [2.24, 2.45) is 0 Å². The molecule has 20 heavy (non-hydrogen) atoms. The van der Waals surface area contributed by atoms with Gasteiger partial charge in [-0.2, -0.15) is 5.26 Å². The molecule has 0 unspecified atom stereocenters. The maximum atomic E-state index is 12.2. The van der Waals surface area contributed by atoms with Crippen LogP contribution in [0, 0.1) is 18.3 Å². The third kappa shape index (κ3) is 3.16. The number of anilines is 2. The second kappa shape index (κ2) is 5.76. The molecule has 0 aliphatic carbocycles. The Balaban J connectivity index is 2.26. The van der Waals surface area contributed by atoms with E-state index < -0.39 is 0 Å². The van der Waals surface area contributed by atoms with E-state index in [0.717, 1.165) is 5.56 Å². The fourth-order valence-electron chi connectivity index (χ4n) is 1.82. The van der Waals surface area contributed by atoms with Gasteiger partial charge in [0.25, 0.3) is 5.91 Å². The van der Waals surface area contributed by atoms with Crippen LogP contribution < -0.4 is 11.1 Å². The minimum Gasteiger partial charge on any atom is -0.399 e. The molecule has 100 valence electrons.